The maximum Gasteiger partial charge on any atom is 0.0658 e. The van der Waals surface area contributed by atoms with Gasteiger partial charge >= 0.3 is 0 Å². The Bertz CT molecular complexity index is 329. The lowest BCUT2D eigenvalue weighted by molar-refractivity contribution is 0.182. The summed E-state index contributed by atoms with van der Waals surface area (Å²) in [6.07, 6.45) is 1.08. The molecule has 0 radical (unpaired) electrons. The molecule has 92 valence electrons. The van der Waals surface area contributed by atoms with Gasteiger partial charge in [-0.2, -0.15) is 5.10 Å². The minimum absolute atomic E-state index is 0.399. The van der Waals surface area contributed by atoms with Crippen molar-refractivity contribution in [2.75, 3.05) is 20.8 Å². The molecule has 0 aliphatic rings. The Morgan fingerprint density at radius 2 is 2.12 bits per heavy atom. The number of nitrogens with one attached hydrogen (secondary N) is 1. The number of methoxy groups -OCH3 is 1. The molecule has 0 fully saturated rings. The standard InChI is InChI=1S/C12H23N3O/c1-6-11(13-4)12-9(2)14-15(10(12)3)7-8-16-5/h11,13H,6-8H2,1-5H3. The van der Waals surface area contributed by atoms with Gasteiger partial charge in [0.15, 0.2) is 0 Å². The van der Waals surface area contributed by atoms with Crippen molar-refractivity contribution in [1.29, 1.82) is 0 Å². The predicted octanol–water partition coefficient (Wildman–Crippen LogP) is 1.82. The summed E-state index contributed by atoms with van der Waals surface area (Å²) in [6.45, 7) is 7.92. The van der Waals surface area contributed by atoms with Crippen LogP contribution in [0.2, 0.25) is 0 Å². The zero-order valence-electron chi connectivity index (χ0n) is 11.0. The monoisotopic (exact) mass is 225 g/mol. The highest BCUT2D eigenvalue weighted by Crippen LogP contribution is 2.23. The Hall–Kier alpha value is -0.870. The van der Waals surface area contributed by atoms with E-state index in [0.29, 0.717) is 12.6 Å². The fraction of sp³-hybridized carbons (Fsp3) is 0.750. The summed E-state index contributed by atoms with van der Waals surface area (Å²) in [5.74, 6) is 0. The van der Waals surface area contributed by atoms with Crippen molar-refractivity contribution in [3.63, 3.8) is 0 Å². The Balaban J connectivity index is 2.96. The lowest BCUT2D eigenvalue weighted by Gasteiger charge is -2.14. The lowest BCUT2D eigenvalue weighted by atomic mass is 10.0. The van der Waals surface area contributed by atoms with Crippen molar-refractivity contribution >= 4 is 0 Å². The van der Waals surface area contributed by atoms with E-state index in [4.69, 9.17) is 4.74 Å². The SMILES string of the molecule is CCC(NC)c1c(C)nn(CCOC)c1C. The summed E-state index contributed by atoms with van der Waals surface area (Å²) in [4.78, 5) is 0. The average molecular weight is 225 g/mol. The quantitative estimate of drug-likeness (QED) is 0.802. The van der Waals surface area contributed by atoms with Gasteiger partial charge in [-0.3, -0.25) is 4.68 Å². The molecule has 0 bridgehead atoms. The number of nitrogens with zero attached hydrogens (tertiary/aromatic N) is 2. The second-order valence-corrected chi connectivity index (χ2v) is 4.05. The third kappa shape index (κ3) is 2.62. The van der Waals surface area contributed by atoms with Crippen LogP contribution in [-0.2, 0) is 11.3 Å². The fourth-order valence-corrected chi connectivity index (χ4v) is 2.16. The van der Waals surface area contributed by atoms with Gasteiger partial charge in [0, 0.05) is 24.4 Å². The van der Waals surface area contributed by atoms with Crippen LogP contribution in [0.5, 0.6) is 0 Å². The van der Waals surface area contributed by atoms with Crippen molar-refractivity contribution < 1.29 is 4.74 Å². The fourth-order valence-electron chi connectivity index (χ4n) is 2.16. The van der Waals surface area contributed by atoms with E-state index < -0.39 is 0 Å². The summed E-state index contributed by atoms with van der Waals surface area (Å²) >= 11 is 0. The first-order valence-electron chi connectivity index (χ1n) is 5.85. The van der Waals surface area contributed by atoms with Crippen molar-refractivity contribution in [3.8, 4) is 0 Å². The molecule has 1 heterocycles. The molecule has 0 saturated heterocycles. The zero-order valence-corrected chi connectivity index (χ0v) is 11.0. The Morgan fingerprint density at radius 3 is 2.62 bits per heavy atom. The van der Waals surface area contributed by atoms with E-state index in [-0.39, 0.29) is 0 Å². The van der Waals surface area contributed by atoms with Gasteiger partial charge < -0.3 is 10.1 Å². The van der Waals surface area contributed by atoms with Gasteiger partial charge in [0.25, 0.3) is 0 Å². The highest BCUT2D eigenvalue weighted by molar-refractivity contribution is 5.28. The van der Waals surface area contributed by atoms with Crippen LogP contribution < -0.4 is 5.32 Å². The largest absolute Gasteiger partial charge is 0.383 e. The second kappa shape index (κ2) is 6.01. The molecule has 0 saturated carbocycles. The minimum atomic E-state index is 0.399. The highest BCUT2D eigenvalue weighted by atomic mass is 16.5. The van der Waals surface area contributed by atoms with Crippen LogP contribution in [0.3, 0.4) is 0 Å². The van der Waals surface area contributed by atoms with Crippen LogP contribution in [-0.4, -0.2) is 30.5 Å². The van der Waals surface area contributed by atoms with E-state index in [2.05, 4.69) is 31.2 Å². The molecule has 0 aromatic carbocycles. The molecule has 16 heavy (non-hydrogen) atoms. The van der Waals surface area contributed by atoms with Crippen LogP contribution in [0.25, 0.3) is 0 Å². The third-order valence-electron chi connectivity index (χ3n) is 3.05. The maximum absolute atomic E-state index is 5.09. The molecular formula is C12H23N3O. The van der Waals surface area contributed by atoms with Gasteiger partial charge in [0.05, 0.1) is 18.8 Å². The van der Waals surface area contributed by atoms with E-state index in [1.807, 2.05) is 11.7 Å². The third-order valence-corrected chi connectivity index (χ3v) is 3.05. The number of aromatic nitrogens is 2. The van der Waals surface area contributed by atoms with E-state index in [0.717, 1.165) is 18.7 Å². The summed E-state index contributed by atoms with van der Waals surface area (Å²) in [6, 6.07) is 0.399. The van der Waals surface area contributed by atoms with Gasteiger partial charge in [-0.1, -0.05) is 6.92 Å². The number of ether oxygens (including phenoxy) is 1. The molecular weight excluding hydrogens is 202 g/mol. The van der Waals surface area contributed by atoms with Crippen molar-refractivity contribution in [2.24, 2.45) is 0 Å². The molecule has 1 aromatic heterocycles. The van der Waals surface area contributed by atoms with Gasteiger partial charge in [-0.25, -0.2) is 0 Å². The van der Waals surface area contributed by atoms with Gasteiger partial charge in [0.1, 0.15) is 0 Å². The molecule has 1 aromatic rings. The molecule has 1 N–H and O–H groups in total. The lowest BCUT2D eigenvalue weighted by Crippen LogP contribution is -2.17. The molecule has 0 spiro atoms. The normalized spacial score (nSPS) is 13.1. The maximum atomic E-state index is 5.09. The molecule has 1 rings (SSSR count). The summed E-state index contributed by atoms with van der Waals surface area (Å²) in [7, 11) is 3.72. The average Bonchev–Trinajstić information content (AvgIpc) is 2.55. The molecule has 0 aliphatic heterocycles. The van der Waals surface area contributed by atoms with Crippen LogP contribution >= 0.6 is 0 Å². The minimum Gasteiger partial charge on any atom is -0.383 e. The molecule has 1 unspecified atom stereocenters. The van der Waals surface area contributed by atoms with Crippen molar-refractivity contribution in [1.82, 2.24) is 15.1 Å². The zero-order chi connectivity index (χ0) is 12.1. The second-order valence-electron chi connectivity index (χ2n) is 4.05. The van der Waals surface area contributed by atoms with E-state index in [9.17, 15) is 0 Å². The first kappa shape index (κ1) is 13.2. The number of aryl methyl sites for hydroxylation is 1. The van der Waals surface area contributed by atoms with Crippen LogP contribution in [0.1, 0.15) is 36.3 Å². The number of rotatable bonds is 6. The molecule has 0 amide bonds. The summed E-state index contributed by atoms with van der Waals surface area (Å²) < 4.78 is 7.12. The molecule has 4 nitrogen and oxygen atoms in total. The Kier molecular flexibility index (Phi) is 4.96. The molecule has 0 aliphatic carbocycles. The van der Waals surface area contributed by atoms with Crippen LogP contribution in [0.4, 0.5) is 0 Å². The van der Waals surface area contributed by atoms with Crippen molar-refractivity contribution in [2.45, 2.75) is 39.8 Å². The van der Waals surface area contributed by atoms with E-state index in [1.165, 1.54) is 11.3 Å². The molecule has 1 atom stereocenters. The van der Waals surface area contributed by atoms with E-state index in [1.54, 1.807) is 7.11 Å². The first-order chi connectivity index (χ1) is 7.65. The Labute approximate surface area is 98.0 Å². The summed E-state index contributed by atoms with van der Waals surface area (Å²) in [5.41, 5.74) is 3.70. The predicted molar refractivity (Wildman–Crippen MR) is 65.7 cm³/mol. The smallest absolute Gasteiger partial charge is 0.0658 e. The topological polar surface area (TPSA) is 39.1 Å². The number of hydrogen-bond donors (Lipinski definition) is 1. The van der Waals surface area contributed by atoms with Crippen LogP contribution in [0, 0.1) is 13.8 Å². The van der Waals surface area contributed by atoms with Gasteiger partial charge in [-0.15, -0.1) is 0 Å². The van der Waals surface area contributed by atoms with Crippen molar-refractivity contribution in [3.05, 3.63) is 17.0 Å². The Morgan fingerprint density at radius 1 is 1.44 bits per heavy atom. The van der Waals surface area contributed by atoms with E-state index >= 15 is 0 Å². The first-order valence-corrected chi connectivity index (χ1v) is 5.85. The van der Waals surface area contributed by atoms with Gasteiger partial charge in [0.2, 0.25) is 0 Å². The highest BCUT2D eigenvalue weighted by Gasteiger charge is 2.17. The number of hydrogen-bond acceptors (Lipinski definition) is 3. The molecule has 4 heteroatoms. The van der Waals surface area contributed by atoms with Crippen LogP contribution in [0.15, 0.2) is 0 Å². The van der Waals surface area contributed by atoms with Gasteiger partial charge in [-0.05, 0) is 27.3 Å². The summed E-state index contributed by atoms with van der Waals surface area (Å²) in [5, 5.41) is 7.90.